The minimum atomic E-state index is -3.89. The minimum absolute atomic E-state index is 0.106. The Balaban J connectivity index is 2.39. The number of carbonyl (C=O) groups excluding carboxylic acids is 1. The van der Waals surface area contributed by atoms with Crippen molar-refractivity contribution in [1.29, 1.82) is 0 Å². The zero-order chi connectivity index (χ0) is 16.5. The van der Waals surface area contributed by atoms with Gasteiger partial charge in [-0.1, -0.05) is 0 Å². The topological polar surface area (TPSA) is 112 Å². The van der Waals surface area contributed by atoms with E-state index in [1.807, 2.05) is 0 Å². The van der Waals surface area contributed by atoms with Crippen LogP contribution in [0.3, 0.4) is 0 Å². The summed E-state index contributed by atoms with van der Waals surface area (Å²) in [5.74, 6) is -0.132. The number of halogens is 1. The second-order valence-electron chi connectivity index (χ2n) is 4.42. The van der Waals surface area contributed by atoms with Gasteiger partial charge in [-0.3, -0.25) is 4.79 Å². The van der Waals surface area contributed by atoms with E-state index < -0.39 is 15.9 Å². The number of furan rings is 1. The molecular formula is C13H13BrN2O5S. The van der Waals surface area contributed by atoms with Gasteiger partial charge in [0, 0.05) is 5.56 Å². The van der Waals surface area contributed by atoms with Crippen molar-refractivity contribution in [3.05, 3.63) is 40.3 Å². The Morgan fingerprint density at radius 2 is 2.05 bits per heavy atom. The number of nitrogens with one attached hydrogen (secondary N) is 1. The van der Waals surface area contributed by atoms with E-state index in [9.17, 15) is 13.2 Å². The van der Waals surface area contributed by atoms with Crippen LogP contribution in [0.4, 0.5) is 5.69 Å². The second kappa shape index (κ2) is 6.11. The van der Waals surface area contributed by atoms with Gasteiger partial charge in [0.25, 0.3) is 5.91 Å². The molecule has 0 spiro atoms. The van der Waals surface area contributed by atoms with Gasteiger partial charge in [0.1, 0.15) is 5.75 Å². The van der Waals surface area contributed by atoms with Crippen LogP contribution in [0.5, 0.6) is 5.75 Å². The van der Waals surface area contributed by atoms with E-state index in [1.54, 1.807) is 13.0 Å². The van der Waals surface area contributed by atoms with Crippen LogP contribution < -0.4 is 15.2 Å². The van der Waals surface area contributed by atoms with Crippen molar-refractivity contribution < 1.29 is 22.4 Å². The molecule has 0 saturated heterocycles. The number of amides is 1. The van der Waals surface area contributed by atoms with Gasteiger partial charge < -0.3 is 14.5 Å². The first-order chi connectivity index (χ1) is 10.2. The predicted molar refractivity (Wildman–Crippen MR) is 83.5 cm³/mol. The summed E-state index contributed by atoms with van der Waals surface area (Å²) < 4.78 is 33.5. The summed E-state index contributed by atoms with van der Waals surface area (Å²) in [5, 5.41) is 7.63. The molecule has 7 nitrogen and oxygen atoms in total. The number of primary sulfonamides is 1. The molecule has 3 N–H and O–H groups in total. The number of hydrogen-bond donors (Lipinski definition) is 2. The molecule has 118 valence electrons. The molecule has 0 atom stereocenters. The fourth-order valence-electron chi connectivity index (χ4n) is 1.81. The molecular weight excluding hydrogens is 376 g/mol. The monoisotopic (exact) mass is 388 g/mol. The van der Waals surface area contributed by atoms with Crippen molar-refractivity contribution in [1.82, 2.24) is 0 Å². The Bertz CT molecular complexity index is 829. The lowest BCUT2D eigenvalue weighted by Gasteiger charge is -2.11. The Hall–Kier alpha value is -1.84. The zero-order valence-electron chi connectivity index (χ0n) is 11.7. The molecule has 0 aliphatic heterocycles. The van der Waals surface area contributed by atoms with E-state index in [4.69, 9.17) is 14.3 Å². The summed E-state index contributed by atoms with van der Waals surface area (Å²) in [6.07, 6.45) is 0. The van der Waals surface area contributed by atoms with Crippen molar-refractivity contribution in [2.45, 2.75) is 11.8 Å². The molecule has 0 unspecified atom stereocenters. The van der Waals surface area contributed by atoms with Crippen molar-refractivity contribution in [2.75, 3.05) is 12.4 Å². The Kier molecular flexibility index (Phi) is 4.59. The molecule has 1 heterocycles. The van der Waals surface area contributed by atoms with Gasteiger partial charge in [-0.05, 0) is 47.1 Å². The number of carbonyl (C=O) groups is 1. The van der Waals surface area contributed by atoms with Crippen molar-refractivity contribution >= 4 is 37.5 Å². The van der Waals surface area contributed by atoms with Gasteiger partial charge in [-0.25, -0.2) is 13.6 Å². The normalized spacial score (nSPS) is 11.3. The summed E-state index contributed by atoms with van der Waals surface area (Å²) in [7, 11) is -2.49. The highest BCUT2D eigenvalue weighted by Crippen LogP contribution is 2.28. The molecule has 22 heavy (non-hydrogen) atoms. The maximum atomic E-state index is 12.2. The first kappa shape index (κ1) is 16.5. The molecule has 9 heteroatoms. The third-order valence-electron chi connectivity index (χ3n) is 2.84. The van der Waals surface area contributed by atoms with Gasteiger partial charge in [0.15, 0.2) is 10.4 Å². The lowest BCUT2D eigenvalue weighted by Crippen LogP contribution is -2.15. The maximum absolute atomic E-state index is 12.2. The Labute approximate surface area is 135 Å². The minimum Gasteiger partial charge on any atom is -0.495 e. The lowest BCUT2D eigenvalue weighted by molar-refractivity contribution is 0.0994. The zero-order valence-corrected chi connectivity index (χ0v) is 14.1. The smallest absolute Gasteiger partial charge is 0.291 e. The molecule has 1 amide bonds. The van der Waals surface area contributed by atoms with Crippen molar-refractivity contribution in [3.63, 3.8) is 0 Å². The van der Waals surface area contributed by atoms with Crippen molar-refractivity contribution in [2.24, 2.45) is 5.14 Å². The van der Waals surface area contributed by atoms with Gasteiger partial charge in [-0.15, -0.1) is 0 Å². The van der Waals surface area contributed by atoms with Gasteiger partial charge in [-0.2, -0.15) is 0 Å². The number of aryl methyl sites for hydroxylation is 1. The van der Waals surface area contributed by atoms with Crippen LogP contribution in [0.2, 0.25) is 0 Å². The van der Waals surface area contributed by atoms with E-state index in [-0.39, 0.29) is 16.3 Å². The van der Waals surface area contributed by atoms with Crippen LogP contribution >= 0.6 is 15.9 Å². The number of anilines is 1. The average Bonchev–Trinajstić information content (AvgIpc) is 2.76. The summed E-state index contributed by atoms with van der Waals surface area (Å²) in [6.45, 7) is 1.71. The summed E-state index contributed by atoms with van der Waals surface area (Å²) in [5.41, 5.74) is 0.803. The number of nitrogens with two attached hydrogens (primary N) is 1. The third kappa shape index (κ3) is 3.49. The fourth-order valence-corrected chi connectivity index (χ4v) is 2.85. The predicted octanol–water partition coefficient (Wildman–Crippen LogP) is 2.26. The molecule has 1 aromatic heterocycles. The van der Waals surface area contributed by atoms with E-state index in [2.05, 4.69) is 21.2 Å². The largest absolute Gasteiger partial charge is 0.495 e. The summed E-state index contributed by atoms with van der Waals surface area (Å²) in [4.78, 5) is 12.1. The molecule has 0 saturated carbocycles. The lowest BCUT2D eigenvalue weighted by atomic mass is 10.2. The molecule has 0 radical (unpaired) electrons. The number of ether oxygens (including phenoxy) is 1. The van der Waals surface area contributed by atoms with Gasteiger partial charge in [0.2, 0.25) is 10.0 Å². The molecule has 0 aliphatic rings. The van der Waals surface area contributed by atoms with Gasteiger partial charge in [0.05, 0.1) is 17.7 Å². The molecule has 0 aliphatic carbocycles. The van der Waals surface area contributed by atoms with E-state index in [1.165, 1.54) is 25.3 Å². The number of rotatable bonds is 4. The van der Waals surface area contributed by atoms with Crippen LogP contribution in [-0.2, 0) is 10.0 Å². The summed E-state index contributed by atoms with van der Waals surface area (Å²) >= 11 is 3.14. The Morgan fingerprint density at radius 3 is 2.55 bits per heavy atom. The van der Waals surface area contributed by atoms with Crippen LogP contribution in [0, 0.1) is 6.92 Å². The van der Waals surface area contributed by atoms with Crippen LogP contribution in [0.15, 0.2) is 38.2 Å². The average molecular weight is 389 g/mol. The molecule has 2 aromatic rings. The van der Waals surface area contributed by atoms with E-state index >= 15 is 0 Å². The standard InChI is InChI=1S/C13H13BrN2O5S/c1-7-5-11(14)21-12(7)13(17)16-9-6-8(22(15,18)19)3-4-10(9)20-2/h3-6H,1-2H3,(H,16,17)(H2,15,18,19). The molecule has 2 rings (SSSR count). The van der Waals surface area contributed by atoms with Crippen LogP contribution in [-0.4, -0.2) is 21.4 Å². The molecule has 0 fully saturated rings. The number of sulfonamides is 1. The summed E-state index contributed by atoms with van der Waals surface area (Å²) in [6, 6.07) is 5.56. The van der Waals surface area contributed by atoms with E-state index in [0.29, 0.717) is 16.0 Å². The molecule has 0 bridgehead atoms. The van der Waals surface area contributed by atoms with Crippen molar-refractivity contribution in [3.8, 4) is 5.75 Å². The fraction of sp³-hybridized carbons (Fsp3) is 0.154. The SMILES string of the molecule is COc1ccc(S(N)(=O)=O)cc1NC(=O)c1oc(Br)cc1C. The third-order valence-corrected chi connectivity index (χ3v) is 4.14. The Morgan fingerprint density at radius 1 is 1.36 bits per heavy atom. The van der Waals surface area contributed by atoms with Gasteiger partial charge >= 0.3 is 0 Å². The number of benzene rings is 1. The maximum Gasteiger partial charge on any atom is 0.291 e. The highest BCUT2D eigenvalue weighted by Gasteiger charge is 2.18. The van der Waals surface area contributed by atoms with Crippen LogP contribution in [0.1, 0.15) is 16.1 Å². The van der Waals surface area contributed by atoms with E-state index in [0.717, 1.165) is 0 Å². The first-order valence-corrected chi connectivity index (χ1v) is 8.34. The highest BCUT2D eigenvalue weighted by molar-refractivity contribution is 9.10. The number of methoxy groups -OCH3 is 1. The highest BCUT2D eigenvalue weighted by atomic mass is 79.9. The first-order valence-electron chi connectivity index (χ1n) is 6.00. The number of hydrogen-bond acceptors (Lipinski definition) is 5. The molecule has 1 aromatic carbocycles. The second-order valence-corrected chi connectivity index (χ2v) is 6.77. The van der Waals surface area contributed by atoms with Crippen LogP contribution in [0.25, 0.3) is 0 Å². The quantitative estimate of drug-likeness (QED) is 0.833.